The van der Waals surface area contributed by atoms with Crippen LogP contribution in [0.25, 0.3) is 11.0 Å². The molecule has 1 aliphatic rings. The van der Waals surface area contributed by atoms with Gasteiger partial charge in [-0.1, -0.05) is 12.1 Å². The molecule has 0 spiro atoms. The van der Waals surface area contributed by atoms with Crippen molar-refractivity contribution in [3.05, 3.63) is 68.7 Å². The third kappa shape index (κ3) is 3.68. The first-order valence-electron chi connectivity index (χ1n) is 10.0. The number of benzene rings is 2. The Hall–Kier alpha value is -3.35. The number of aromatic nitrogens is 2. The fraction of sp³-hybridized carbons (Fsp3) is 0.318. The summed E-state index contributed by atoms with van der Waals surface area (Å²) in [5.41, 5.74) is 2.00. The summed E-state index contributed by atoms with van der Waals surface area (Å²) in [6, 6.07) is 12.8. The van der Waals surface area contributed by atoms with E-state index in [0.717, 1.165) is 37.3 Å². The predicted molar refractivity (Wildman–Crippen MR) is 115 cm³/mol. The van der Waals surface area contributed by atoms with Crippen molar-refractivity contribution in [2.24, 2.45) is 0 Å². The molecule has 3 aromatic rings. The molecule has 0 bridgehead atoms. The molecule has 29 heavy (non-hydrogen) atoms. The molecule has 1 aliphatic heterocycles. The van der Waals surface area contributed by atoms with Gasteiger partial charge in [-0.15, -0.1) is 0 Å². The Morgan fingerprint density at radius 1 is 1.07 bits per heavy atom. The van der Waals surface area contributed by atoms with Gasteiger partial charge in [-0.25, -0.2) is 0 Å². The summed E-state index contributed by atoms with van der Waals surface area (Å²) in [4.78, 5) is 41.7. The SMILES string of the molecule is CCn1c(=O)c(=O)[nH]c2cc(C(=O)Nc3ccccc3N3CCCCC3)ccc21. The van der Waals surface area contributed by atoms with Crippen LogP contribution >= 0.6 is 0 Å². The first-order chi connectivity index (χ1) is 14.1. The number of anilines is 2. The van der Waals surface area contributed by atoms with Crippen molar-refractivity contribution in [1.82, 2.24) is 9.55 Å². The minimum Gasteiger partial charge on any atom is -0.370 e. The summed E-state index contributed by atoms with van der Waals surface area (Å²) in [5, 5.41) is 3.00. The molecule has 150 valence electrons. The Bertz CT molecular complexity index is 1170. The van der Waals surface area contributed by atoms with Crippen LogP contribution in [0.4, 0.5) is 11.4 Å². The smallest absolute Gasteiger partial charge is 0.316 e. The number of hydrogen-bond acceptors (Lipinski definition) is 4. The Labute approximate surface area is 168 Å². The minimum absolute atomic E-state index is 0.258. The third-order valence-electron chi connectivity index (χ3n) is 5.40. The van der Waals surface area contributed by atoms with Gasteiger partial charge in [0, 0.05) is 25.2 Å². The molecule has 2 aromatic carbocycles. The van der Waals surface area contributed by atoms with Crippen LogP contribution < -0.4 is 21.3 Å². The first-order valence-corrected chi connectivity index (χ1v) is 10.0. The minimum atomic E-state index is -0.688. The van der Waals surface area contributed by atoms with E-state index in [0.29, 0.717) is 23.1 Å². The molecule has 0 radical (unpaired) electrons. The van der Waals surface area contributed by atoms with Crippen molar-refractivity contribution in [2.45, 2.75) is 32.7 Å². The van der Waals surface area contributed by atoms with E-state index < -0.39 is 11.1 Å². The Balaban J connectivity index is 1.66. The highest BCUT2D eigenvalue weighted by Gasteiger charge is 2.17. The standard InChI is InChI=1S/C22H24N4O3/c1-2-26-19-11-10-15(14-17(19)24-21(28)22(26)29)20(27)23-16-8-4-5-9-18(16)25-12-6-3-7-13-25/h4-5,8-11,14H,2-3,6-7,12-13H2,1H3,(H,23,27)(H,24,28). The van der Waals surface area contributed by atoms with Gasteiger partial charge in [0.05, 0.1) is 22.4 Å². The summed E-state index contributed by atoms with van der Waals surface area (Å²) >= 11 is 0. The second-order valence-electron chi connectivity index (χ2n) is 7.25. The van der Waals surface area contributed by atoms with E-state index in [1.807, 2.05) is 24.3 Å². The average molecular weight is 392 g/mol. The molecule has 0 aliphatic carbocycles. The maximum Gasteiger partial charge on any atom is 0.316 e. The summed E-state index contributed by atoms with van der Waals surface area (Å²) < 4.78 is 1.40. The van der Waals surface area contributed by atoms with Crippen LogP contribution in [0, 0.1) is 0 Å². The molecule has 7 heteroatoms. The zero-order chi connectivity index (χ0) is 20.4. The number of piperidine rings is 1. The number of nitrogens with one attached hydrogen (secondary N) is 2. The van der Waals surface area contributed by atoms with E-state index >= 15 is 0 Å². The van der Waals surface area contributed by atoms with E-state index in [1.165, 1.54) is 11.0 Å². The Kier molecular flexibility index (Phi) is 5.20. The van der Waals surface area contributed by atoms with E-state index in [1.54, 1.807) is 25.1 Å². The van der Waals surface area contributed by atoms with Gasteiger partial charge in [0.1, 0.15) is 0 Å². The lowest BCUT2D eigenvalue weighted by Gasteiger charge is -2.30. The zero-order valence-corrected chi connectivity index (χ0v) is 16.4. The molecule has 1 amide bonds. The topological polar surface area (TPSA) is 87.2 Å². The maximum atomic E-state index is 12.9. The monoisotopic (exact) mass is 392 g/mol. The molecule has 0 atom stereocenters. The molecule has 1 fully saturated rings. The predicted octanol–water partition coefficient (Wildman–Crippen LogP) is 2.95. The van der Waals surface area contributed by atoms with E-state index in [9.17, 15) is 14.4 Å². The molecule has 1 saturated heterocycles. The summed E-state index contributed by atoms with van der Waals surface area (Å²) in [6.07, 6.45) is 3.54. The second kappa shape index (κ2) is 7.95. The molecule has 2 heterocycles. The zero-order valence-electron chi connectivity index (χ0n) is 16.4. The first kappa shape index (κ1) is 19.0. The molecule has 1 aromatic heterocycles. The van der Waals surface area contributed by atoms with Gasteiger partial charge in [0.15, 0.2) is 0 Å². The van der Waals surface area contributed by atoms with Crippen molar-refractivity contribution in [3.63, 3.8) is 0 Å². The Morgan fingerprint density at radius 2 is 1.83 bits per heavy atom. The molecule has 0 saturated carbocycles. The van der Waals surface area contributed by atoms with Gasteiger partial charge in [-0.05, 0) is 56.5 Å². The number of nitrogens with zero attached hydrogens (tertiary/aromatic N) is 2. The van der Waals surface area contributed by atoms with Gasteiger partial charge < -0.3 is 19.8 Å². The van der Waals surface area contributed by atoms with Crippen molar-refractivity contribution >= 4 is 28.3 Å². The third-order valence-corrected chi connectivity index (χ3v) is 5.40. The highest BCUT2D eigenvalue weighted by molar-refractivity contribution is 6.07. The maximum absolute atomic E-state index is 12.9. The van der Waals surface area contributed by atoms with E-state index in [-0.39, 0.29) is 5.91 Å². The number of carbonyl (C=O) groups is 1. The van der Waals surface area contributed by atoms with Crippen LogP contribution in [-0.2, 0) is 6.54 Å². The highest BCUT2D eigenvalue weighted by atomic mass is 16.2. The van der Waals surface area contributed by atoms with Crippen LogP contribution in [-0.4, -0.2) is 28.5 Å². The number of hydrogen-bond donors (Lipinski definition) is 2. The van der Waals surface area contributed by atoms with Crippen LogP contribution in [0.2, 0.25) is 0 Å². The molecular weight excluding hydrogens is 368 g/mol. The average Bonchev–Trinajstić information content (AvgIpc) is 2.75. The van der Waals surface area contributed by atoms with Crippen LogP contribution in [0.5, 0.6) is 0 Å². The molecule has 0 unspecified atom stereocenters. The normalized spacial score (nSPS) is 14.2. The lowest BCUT2D eigenvalue weighted by atomic mass is 10.1. The number of amides is 1. The van der Waals surface area contributed by atoms with E-state index in [4.69, 9.17) is 0 Å². The fourth-order valence-corrected chi connectivity index (χ4v) is 3.92. The van der Waals surface area contributed by atoms with Crippen LogP contribution in [0.15, 0.2) is 52.1 Å². The number of aryl methyl sites for hydroxylation is 1. The van der Waals surface area contributed by atoms with Gasteiger partial charge >= 0.3 is 11.1 Å². The van der Waals surface area contributed by atoms with Gasteiger partial charge in [0.2, 0.25) is 0 Å². The van der Waals surface area contributed by atoms with Crippen molar-refractivity contribution in [2.75, 3.05) is 23.3 Å². The summed E-state index contributed by atoms with van der Waals surface area (Å²) in [5.74, 6) is -0.258. The lowest BCUT2D eigenvalue weighted by Crippen LogP contribution is -2.36. The van der Waals surface area contributed by atoms with Crippen LogP contribution in [0.1, 0.15) is 36.5 Å². The number of fused-ring (bicyclic) bond motifs is 1. The van der Waals surface area contributed by atoms with Crippen molar-refractivity contribution in [1.29, 1.82) is 0 Å². The number of carbonyl (C=O) groups excluding carboxylic acids is 1. The number of aromatic amines is 1. The van der Waals surface area contributed by atoms with E-state index in [2.05, 4.69) is 15.2 Å². The quantitative estimate of drug-likeness (QED) is 0.669. The molecule has 2 N–H and O–H groups in total. The van der Waals surface area contributed by atoms with Gasteiger partial charge in [-0.3, -0.25) is 14.4 Å². The molecular formula is C22H24N4O3. The van der Waals surface area contributed by atoms with Gasteiger partial charge in [0.25, 0.3) is 5.91 Å². The van der Waals surface area contributed by atoms with Crippen molar-refractivity contribution in [3.8, 4) is 0 Å². The number of rotatable bonds is 4. The molecule has 7 nitrogen and oxygen atoms in total. The number of H-pyrrole nitrogens is 1. The Morgan fingerprint density at radius 3 is 2.59 bits per heavy atom. The summed E-state index contributed by atoms with van der Waals surface area (Å²) in [7, 11) is 0. The molecule has 4 rings (SSSR count). The van der Waals surface area contributed by atoms with Crippen LogP contribution in [0.3, 0.4) is 0 Å². The summed E-state index contributed by atoms with van der Waals surface area (Å²) in [6.45, 7) is 4.16. The van der Waals surface area contributed by atoms with Crippen molar-refractivity contribution < 1.29 is 4.79 Å². The highest BCUT2D eigenvalue weighted by Crippen LogP contribution is 2.28. The second-order valence-corrected chi connectivity index (χ2v) is 7.25. The lowest BCUT2D eigenvalue weighted by molar-refractivity contribution is 0.102. The number of para-hydroxylation sites is 2. The van der Waals surface area contributed by atoms with Gasteiger partial charge in [-0.2, -0.15) is 0 Å². The fourth-order valence-electron chi connectivity index (χ4n) is 3.92. The largest absolute Gasteiger partial charge is 0.370 e.